The molecule has 1 fully saturated rings. The molecule has 0 saturated carbocycles. The van der Waals surface area contributed by atoms with E-state index in [0.717, 1.165) is 45.0 Å². The Morgan fingerprint density at radius 2 is 1.79 bits per heavy atom. The summed E-state index contributed by atoms with van der Waals surface area (Å²) in [5.74, 6) is 0.749. The summed E-state index contributed by atoms with van der Waals surface area (Å²) in [6.45, 7) is 5.74. The molecule has 1 saturated heterocycles. The first-order valence-electron chi connectivity index (χ1n) is 8.86. The maximum atomic E-state index is 5.73. The van der Waals surface area contributed by atoms with Gasteiger partial charge in [-0.3, -0.25) is 9.80 Å². The van der Waals surface area contributed by atoms with E-state index >= 15 is 0 Å². The molecule has 0 aliphatic carbocycles. The van der Waals surface area contributed by atoms with Crippen LogP contribution >= 0.6 is 12.2 Å². The molecule has 3 heterocycles. The van der Waals surface area contributed by atoms with Gasteiger partial charge < -0.3 is 4.42 Å². The summed E-state index contributed by atoms with van der Waals surface area (Å²) in [6.07, 6.45) is 4.97. The number of benzene rings is 1. The maximum absolute atomic E-state index is 5.73. The molecule has 0 spiro atoms. The molecule has 0 amide bonds. The minimum atomic E-state index is 0.487. The molecule has 5 nitrogen and oxygen atoms in total. The Bertz CT molecular complexity index is 747. The van der Waals surface area contributed by atoms with E-state index in [2.05, 4.69) is 39.2 Å². The lowest BCUT2D eigenvalue weighted by Crippen LogP contribution is -2.33. The molecule has 2 aromatic rings. The van der Waals surface area contributed by atoms with Gasteiger partial charge in [-0.05, 0) is 55.7 Å². The van der Waals surface area contributed by atoms with Crippen LogP contribution in [0.25, 0.3) is 0 Å². The lowest BCUT2D eigenvalue weighted by atomic mass is 10.0. The van der Waals surface area contributed by atoms with E-state index in [1.807, 2.05) is 4.68 Å². The van der Waals surface area contributed by atoms with Crippen molar-refractivity contribution in [1.82, 2.24) is 19.6 Å². The molecular formula is C18H24N4OS. The fourth-order valence-electron chi connectivity index (χ4n) is 3.68. The second-order valence-electron chi connectivity index (χ2n) is 6.81. The van der Waals surface area contributed by atoms with Crippen LogP contribution < -0.4 is 0 Å². The zero-order valence-corrected chi connectivity index (χ0v) is 14.8. The Hall–Kier alpha value is -1.50. The minimum Gasteiger partial charge on any atom is -0.412 e. The molecule has 4 rings (SSSR count). The van der Waals surface area contributed by atoms with Gasteiger partial charge in [0.25, 0.3) is 4.84 Å². The second kappa shape index (κ2) is 7.17. The Morgan fingerprint density at radius 1 is 1.00 bits per heavy atom. The Labute approximate surface area is 147 Å². The number of hydrogen-bond acceptors (Lipinski definition) is 5. The number of fused-ring (bicyclic) bond motifs is 1. The van der Waals surface area contributed by atoms with Crippen LogP contribution in [0.5, 0.6) is 0 Å². The molecule has 1 aromatic carbocycles. The molecule has 6 heteroatoms. The van der Waals surface area contributed by atoms with E-state index in [1.54, 1.807) is 0 Å². The average Bonchev–Trinajstić information content (AvgIpc) is 2.95. The van der Waals surface area contributed by atoms with Gasteiger partial charge in [0.15, 0.2) is 0 Å². The van der Waals surface area contributed by atoms with Gasteiger partial charge in [0.1, 0.15) is 0 Å². The van der Waals surface area contributed by atoms with Crippen LogP contribution in [0.15, 0.2) is 28.7 Å². The van der Waals surface area contributed by atoms with Crippen LogP contribution in [-0.4, -0.2) is 39.2 Å². The third-order valence-corrected chi connectivity index (χ3v) is 5.29. The number of hydrogen-bond donors (Lipinski definition) is 0. The molecule has 0 radical (unpaired) electrons. The predicted octanol–water partition coefficient (Wildman–Crippen LogP) is 3.21. The van der Waals surface area contributed by atoms with Gasteiger partial charge >= 0.3 is 0 Å². The monoisotopic (exact) mass is 344 g/mol. The van der Waals surface area contributed by atoms with E-state index < -0.39 is 0 Å². The van der Waals surface area contributed by atoms with Crippen molar-refractivity contribution >= 4 is 12.2 Å². The number of likely N-dealkylation sites (tertiary alicyclic amines) is 1. The van der Waals surface area contributed by atoms with Crippen molar-refractivity contribution in [2.45, 2.75) is 45.4 Å². The van der Waals surface area contributed by atoms with Crippen molar-refractivity contribution in [3.05, 3.63) is 46.1 Å². The number of rotatable bonds is 4. The molecule has 2 aliphatic rings. The molecular weight excluding hydrogens is 320 g/mol. The zero-order chi connectivity index (χ0) is 16.4. The van der Waals surface area contributed by atoms with E-state index in [1.165, 1.54) is 30.4 Å². The topological polar surface area (TPSA) is 37.4 Å². The standard InChI is InChI=1S/C18H24N4OS/c24-18-22(19-17(23-18)13-20-9-4-1-5-10-20)14-21-11-8-15-6-2-3-7-16(15)12-21/h2-3,6-7H,1,4-5,8-14H2. The lowest BCUT2D eigenvalue weighted by molar-refractivity contribution is 0.185. The van der Waals surface area contributed by atoms with Gasteiger partial charge in [0, 0.05) is 13.1 Å². The van der Waals surface area contributed by atoms with E-state index in [9.17, 15) is 0 Å². The summed E-state index contributed by atoms with van der Waals surface area (Å²) in [7, 11) is 0. The smallest absolute Gasteiger partial charge is 0.288 e. The predicted molar refractivity (Wildman–Crippen MR) is 95.0 cm³/mol. The highest BCUT2D eigenvalue weighted by atomic mass is 32.1. The number of nitrogens with zero attached hydrogens (tertiary/aromatic N) is 4. The SMILES string of the molecule is S=c1oc(CN2CCCCC2)nn1CN1CCc2ccccc2C1. The van der Waals surface area contributed by atoms with Crippen LogP contribution in [-0.2, 0) is 26.2 Å². The van der Waals surface area contributed by atoms with Crippen molar-refractivity contribution < 1.29 is 4.42 Å². The molecule has 0 unspecified atom stereocenters. The van der Waals surface area contributed by atoms with Crippen LogP contribution in [0.3, 0.4) is 0 Å². The molecule has 0 atom stereocenters. The van der Waals surface area contributed by atoms with Crippen LogP contribution in [0, 0.1) is 4.84 Å². The third-order valence-electron chi connectivity index (χ3n) is 5.00. The van der Waals surface area contributed by atoms with E-state index in [0.29, 0.717) is 11.5 Å². The van der Waals surface area contributed by atoms with Gasteiger partial charge in [-0.2, -0.15) is 0 Å². The summed E-state index contributed by atoms with van der Waals surface area (Å²) >= 11 is 5.38. The van der Waals surface area contributed by atoms with E-state index in [4.69, 9.17) is 16.6 Å². The summed E-state index contributed by atoms with van der Waals surface area (Å²) in [5.41, 5.74) is 2.87. The third kappa shape index (κ3) is 3.61. The van der Waals surface area contributed by atoms with Crippen molar-refractivity contribution in [3.63, 3.8) is 0 Å². The van der Waals surface area contributed by atoms with Gasteiger partial charge in [-0.15, -0.1) is 5.10 Å². The van der Waals surface area contributed by atoms with Crippen molar-refractivity contribution in [3.8, 4) is 0 Å². The first kappa shape index (κ1) is 16.0. The zero-order valence-electron chi connectivity index (χ0n) is 14.0. The first-order chi connectivity index (χ1) is 11.8. The second-order valence-corrected chi connectivity index (χ2v) is 7.16. The summed E-state index contributed by atoms with van der Waals surface area (Å²) in [4.78, 5) is 5.28. The molecule has 0 N–H and O–H groups in total. The fourth-order valence-corrected chi connectivity index (χ4v) is 3.87. The summed E-state index contributed by atoms with van der Waals surface area (Å²) in [5, 5.41) is 4.62. The quantitative estimate of drug-likeness (QED) is 0.796. The highest BCUT2D eigenvalue weighted by Crippen LogP contribution is 2.19. The number of aromatic nitrogens is 2. The Balaban J connectivity index is 1.41. The summed E-state index contributed by atoms with van der Waals surface area (Å²) < 4.78 is 7.56. The fraction of sp³-hybridized carbons (Fsp3) is 0.556. The highest BCUT2D eigenvalue weighted by Gasteiger charge is 2.18. The number of piperidine rings is 1. The normalized spacial score (nSPS) is 19.3. The molecule has 0 bridgehead atoms. The Kier molecular flexibility index (Phi) is 4.78. The van der Waals surface area contributed by atoms with Crippen molar-refractivity contribution in [2.75, 3.05) is 19.6 Å². The average molecular weight is 344 g/mol. The van der Waals surface area contributed by atoms with E-state index in [-0.39, 0.29) is 0 Å². The maximum Gasteiger partial charge on any atom is 0.288 e. The largest absolute Gasteiger partial charge is 0.412 e. The van der Waals surface area contributed by atoms with Gasteiger partial charge in [-0.25, -0.2) is 4.68 Å². The van der Waals surface area contributed by atoms with Crippen LogP contribution in [0.4, 0.5) is 0 Å². The van der Waals surface area contributed by atoms with Crippen molar-refractivity contribution in [2.24, 2.45) is 0 Å². The molecule has 2 aliphatic heterocycles. The van der Waals surface area contributed by atoms with Gasteiger partial charge in [0.05, 0.1) is 13.2 Å². The first-order valence-corrected chi connectivity index (χ1v) is 9.27. The van der Waals surface area contributed by atoms with Crippen molar-refractivity contribution in [1.29, 1.82) is 0 Å². The van der Waals surface area contributed by atoms with Crippen LogP contribution in [0.1, 0.15) is 36.3 Å². The Morgan fingerprint density at radius 3 is 2.62 bits per heavy atom. The van der Waals surface area contributed by atoms with Crippen LogP contribution in [0.2, 0.25) is 0 Å². The van der Waals surface area contributed by atoms with Gasteiger partial charge in [0.2, 0.25) is 5.89 Å². The molecule has 128 valence electrons. The lowest BCUT2D eigenvalue weighted by Gasteiger charge is -2.28. The summed E-state index contributed by atoms with van der Waals surface area (Å²) in [6, 6.07) is 8.67. The molecule has 1 aromatic heterocycles. The minimum absolute atomic E-state index is 0.487. The van der Waals surface area contributed by atoms with Gasteiger partial charge in [-0.1, -0.05) is 30.7 Å². The molecule has 24 heavy (non-hydrogen) atoms. The highest BCUT2D eigenvalue weighted by molar-refractivity contribution is 7.71.